The van der Waals surface area contributed by atoms with Crippen LogP contribution in [0.2, 0.25) is 0 Å². The van der Waals surface area contributed by atoms with Crippen molar-refractivity contribution in [1.29, 1.82) is 0 Å². The van der Waals surface area contributed by atoms with Crippen LogP contribution >= 0.6 is 0 Å². The summed E-state index contributed by atoms with van der Waals surface area (Å²) >= 11 is 0. The number of hydrogen-bond donors (Lipinski definition) is 1. The number of benzene rings is 2. The first-order valence-corrected chi connectivity index (χ1v) is 9.39. The second-order valence-electron chi connectivity index (χ2n) is 7.34. The third kappa shape index (κ3) is 2.97. The van der Waals surface area contributed by atoms with Gasteiger partial charge in [-0.1, -0.05) is 67.8 Å². The molecule has 2 aromatic rings. The smallest absolute Gasteiger partial charge is 0.411 e. The Bertz CT molecular complexity index is 829. The van der Waals surface area contributed by atoms with Gasteiger partial charge >= 0.3 is 12.1 Å². The van der Waals surface area contributed by atoms with Gasteiger partial charge in [0.2, 0.25) is 0 Å². The van der Waals surface area contributed by atoms with Gasteiger partial charge in [0.25, 0.3) is 0 Å². The first-order valence-electron chi connectivity index (χ1n) is 9.39. The summed E-state index contributed by atoms with van der Waals surface area (Å²) in [4.78, 5) is 26.4. The lowest BCUT2D eigenvalue weighted by Gasteiger charge is -2.37. The van der Waals surface area contributed by atoms with Crippen molar-refractivity contribution in [1.82, 2.24) is 4.90 Å². The number of nitrogens with zero attached hydrogens (tertiary/aromatic N) is 1. The Balaban J connectivity index is 1.82. The van der Waals surface area contributed by atoms with E-state index < -0.39 is 24.1 Å². The molecule has 27 heavy (non-hydrogen) atoms. The standard InChI is InChI=1S/C22H23NO4/c1-27-22(26)23(19(21(24)25)13-14-7-6-8-14)20-17-11-4-2-9-15(17)16-10-3-5-12-18(16)20/h2-5,9-12,14,19-20H,6-8,13H2,1H3,(H,24,25)/t19-/m0/s1. The summed E-state index contributed by atoms with van der Waals surface area (Å²) < 4.78 is 5.04. The molecule has 0 saturated heterocycles. The first kappa shape index (κ1) is 17.6. The molecule has 5 heteroatoms. The summed E-state index contributed by atoms with van der Waals surface area (Å²) in [6.45, 7) is 0. The molecule has 1 fully saturated rings. The fourth-order valence-electron chi connectivity index (χ4n) is 4.32. The molecule has 0 unspecified atom stereocenters. The zero-order valence-electron chi connectivity index (χ0n) is 15.3. The number of hydrogen-bond acceptors (Lipinski definition) is 3. The minimum atomic E-state index is -0.978. The van der Waals surface area contributed by atoms with Gasteiger partial charge in [0, 0.05) is 0 Å². The summed E-state index contributed by atoms with van der Waals surface area (Å²) in [6, 6.07) is 14.4. The molecule has 140 valence electrons. The lowest BCUT2D eigenvalue weighted by atomic mass is 9.80. The zero-order valence-corrected chi connectivity index (χ0v) is 15.3. The third-order valence-electron chi connectivity index (χ3n) is 5.87. The molecule has 1 amide bonds. The maximum absolute atomic E-state index is 12.8. The maximum atomic E-state index is 12.8. The minimum Gasteiger partial charge on any atom is -0.480 e. The Morgan fingerprint density at radius 1 is 1.07 bits per heavy atom. The fourth-order valence-corrected chi connectivity index (χ4v) is 4.32. The molecule has 2 aliphatic rings. The van der Waals surface area contributed by atoms with Crippen LogP contribution in [-0.4, -0.2) is 35.2 Å². The predicted molar refractivity (Wildman–Crippen MR) is 101 cm³/mol. The van der Waals surface area contributed by atoms with Crippen LogP contribution in [0, 0.1) is 5.92 Å². The van der Waals surface area contributed by atoms with E-state index in [2.05, 4.69) is 0 Å². The highest BCUT2D eigenvalue weighted by molar-refractivity contribution is 5.85. The van der Waals surface area contributed by atoms with Gasteiger partial charge in [-0.3, -0.25) is 4.90 Å². The van der Waals surface area contributed by atoms with E-state index in [0.29, 0.717) is 12.3 Å². The lowest BCUT2D eigenvalue weighted by molar-refractivity contribution is -0.144. The maximum Gasteiger partial charge on any atom is 0.411 e. The van der Waals surface area contributed by atoms with E-state index in [1.54, 1.807) is 0 Å². The predicted octanol–water partition coefficient (Wildman–Crippen LogP) is 4.47. The number of carbonyl (C=O) groups is 2. The Hall–Kier alpha value is -2.82. The average molecular weight is 365 g/mol. The first-order chi connectivity index (χ1) is 13.1. The molecule has 1 N–H and O–H groups in total. The SMILES string of the molecule is COC(=O)N(C1c2ccccc2-c2ccccc21)[C@@H](CC1CCC1)C(=O)O. The van der Waals surface area contributed by atoms with Gasteiger partial charge in [-0.2, -0.15) is 0 Å². The molecule has 0 spiro atoms. The van der Waals surface area contributed by atoms with Gasteiger partial charge in [0.05, 0.1) is 13.2 Å². The van der Waals surface area contributed by atoms with Gasteiger partial charge in [0.1, 0.15) is 6.04 Å². The number of carbonyl (C=O) groups excluding carboxylic acids is 1. The van der Waals surface area contributed by atoms with Crippen LogP contribution in [0.3, 0.4) is 0 Å². The van der Waals surface area contributed by atoms with Gasteiger partial charge in [-0.25, -0.2) is 9.59 Å². The topological polar surface area (TPSA) is 66.8 Å². The van der Waals surface area contributed by atoms with E-state index in [-0.39, 0.29) is 0 Å². The van der Waals surface area contributed by atoms with E-state index in [0.717, 1.165) is 41.5 Å². The second-order valence-corrected chi connectivity index (χ2v) is 7.34. The molecular weight excluding hydrogens is 342 g/mol. The van der Waals surface area contributed by atoms with Gasteiger partial charge in [-0.15, -0.1) is 0 Å². The normalized spacial score (nSPS) is 16.8. The molecular formula is C22H23NO4. The summed E-state index contributed by atoms with van der Waals surface area (Å²) in [7, 11) is 1.31. The third-order valence-corrected chi connectivity index (χ3v) is 5.87. The molecule has 0 aromatic heterocycles. The Morgan fingerprint density at radius 2 is 1.63 bits per heavy atom. The van der Waals surface area contributed by atoms with Crippen LogP contribution in [-0.2, 0) is 9.53 Å². The van der Waals surface area contributed by atoms with E-state index in [9.17, 15) is 14.7 Å². The molecule has 0 heterocycles. The molecule has 4 rings (SSSR count). The van der Waals surface area contributed by atoms with Crippen LogP contribution in [0.1, 0.15) is 42.9 Å². The molecule has 1 atom stereocenters. The summed E-state index contributed by atoms with van der Waals surface area (Å²) in [6.07, 6.45) is 3.04. The Kier molecular flexibility index (Phi) is 4.60. The van der Waals surface area contributed by atoms with Crippen LogP contribution in [0.4, 0.5) is 4.79 Å². The highest BCUT2D eigenvalue weighted by Gasteiger charge is 2.43. The summed E-state index contributed by atoms with van der Waals surface area (Å²) in [5.74, 6) is -0.626. The van der Waals surface area contributed by atoms with Crippen LogP contribution in [0.15, 0.2) is 48.5 Å². The summed E-state index contributed by atoms with van der Waals surface area (Å²) in [5.41, 5.74) is 3.98. The van der Waals surface area contributed by atoms with E-state index in [1.807, 2.05) is 48.5 Å². The molecule has 1 saturated carbocycles. The van der Waals surface area contributed by atoms with Gasteiger partial charge in [-0.05, 0) is 34.6 Å². The van der Waals surface area contributed by atoms with Crippen molar-refractivity contribution in [3.05, 3.63) is 59.7 Å². The lowest BCUT2D eigenvalue weighted by Crippen LogP contribution is -2.48. The quantitative estimate of drug-likeness (QED) is 0.849. The largest absolute Gasteiger partial charge is 0.480 e. The number of fused-ring (bicyclic) bond motifs is 3. The van der Waals surface area contributed by atoms with E-state index >= 15 is 0 Å². The van der Waals surface area contributed by atoms with Crippen molar-refractivity contribution >= 4 is 12.1 Å². The number of amides is 1. The number of rotatable bonds is 5. The zero-order chi connectivity index (χ0) is 19.0. The van der Waals surface area contributed by atoms with Gasteiger partial charge < -0.3 is 9.84 Å². The number of carboxylic acid groups (broad SMARTS) is 1. The molecule has 2 aromatic carbocycles. The molecule has 2 aliphatic carbocycles. The molecule has 0 aliphatic heterocycles. The van der Waals surface area contributed by atoms with Crippen LogP contribution in [0.25, 0.3) is 11.1 Å². The van der Waals surface area contributed by atoms with Crippen molar-refractivity contribution in [3.8, 4) is 11.1 Å². The van der Waals surface area contributed by atoms with Crippen molar-refractivity contribution in [3.63, 3.8) is 0 Å². The minimum absolute atomic E-state index is 0.352. The number of aliphatic carboxylic acids is 1. The number of carboxylic acids is 1. The number of ether oxygens (including phenoxy) is 1. The molecule has 5 nitrogen and oxygen atoms in total. The molecule has 0 bridgehead atoms. The van der Waals surface area contributed by atoms with E-state index in [1.165, 1.54) is 12.0 Å². The highest BCUT2D eigenvalue weighted by atomic mass is 16.5. The summed E-state index contributed by atoms with van der Waals surface area (Å²) in [5, 5.41) is 9.96. The van der Waals surface area contributed by atoms with E-state index in [4.69, 9.17) is 4.74 Å². The fraction of sp³-hybridized carbons (Fsp3) is 0.364. The second kappa shape index (κ2) is 7.06. The van der Waals surface area contributed by atoms with Crippen molar-refractivity contribution in [2.75, 3.05) is 7.11 Å². The average Bonchev–Trinajstić information content (AvgIpc) is 2.97. The van der Waals surface area contributed by atoms with Crippen LogP contribution < -0.4 is 0 Å². The van der Waals surface area contributed by atoms with Gasteiger partial charge in [0.15, 0.2) is 0 Å². The van der Waals surface area contributed by atoms with Crippen LogP contribution in [0.5, 0.6) is 0 Å². The Morgan fingerprint density at radius 3 is 2.07 bits per heavy atom. The monoisotopic (exact) mass is 365 g/mol. The highest BCUT2D eigenvalue weighted by Crippen LogP contribution is 2.47. The number of methoxy groups -OCH3 is 1. The molecule has 0 radical (unpaired) electrons. The van der Waals surface area contributed by atoms with Crippen molar-refractivity contribution in [2.24, 2.45) is 5.92 Å². The van der Waals surface area contributed by atoms with Crippen molar-refractivity contribution < 1.29 is 19.4 Å². The van der Waals surface area contributed by atoms with Crippen molar-refractivity contribution in [2.45, 2.75) is 37.8 Å². The Labute approximate surface area is 158 Å².